The Labute approximate surface area is 198 Å². The van der Waals surface area contributed by atoms with Crippen molar-refractivity contribution in [3.8, 4) is 0 Å². The summed E-state index contributed by atoms with van der Waals surface area (Å²) in [6.07, 6.45) is 0. The topological polar surface area (TPSA) is 55.8 Å². The summed E-state index contributed by atoms with van der Waals surface area (Å²) in [4.78, 5) is 29.5. The van der Waals surface area contributed by atoms with Gasteiger partial charge in [0.25, 0.3) is 0 Å². The summed E-state index contributed by atoms with van der Waals surface area (Å²) in [5.74, 6) is -0.707. The maximum absolute atomic E-state index is 12.0. The van der Waals surface area contributed by atoms with Crippen LogP contribution in [0.25, 0.3) is 0 Å². The van der Waals surface area contributed by atoms with Crippen molar-refractivity contribution in [2.75, 3.05) is 26.3 Å². The second-order valence-corrected chi connectivity index (χ2v) is 9.36. The van der Waals surface area contributed by atoms with E-state index in [1.165, 1.54) is 14.7 Å². The standard InChI is InChI=1S/C27H30NO4S/c1-3-31-26(29)20-28(21-27(30)32-4-2)19-22-15-17-25(18-16-22)33(23-11-7-5-8-12-23)24-13-9-6-10-14-24/h5-18H,3-4,19-21H2,1-2H3/q+1. The summed E-state index contributed by atoms with van der Waals surface area (Å²) in [7, 11) is -0.221. The SMILES string of the molecule is CCOC(=O)CN(CC(=O)OCC)Cc1ccc([S+](c2ccccc2)c2ccccc2)cc1. The second-order valence-electron chi connectivity index (χ2n) is 7.33. The van der Waals surface area contributed by atoms with Gasteiger partial charge in [0.1, 0.15) is 0 Å². The molecule has 0 aliphatic heterocycles. The Hall–Kier alpha value is -3.09. The first-order valence-corrected chi connectivity index (χ1v) is 12.3. The molecule has 0 bridgehead atoms. The van der Waals surface area contributed by atoms with Crippen molar-refractivity contribution in [3.63, 3.8) is 0 Å². The largest absolute Gasteiger partial charge is 0.465 e. The van der Waals surface area contributed by atoms with E-state index in [1.807, 2.05) is 12.1 Å². The molecule has 3 aromatic carbocycles. The Morgan fingerprint density at radius 2 is 1.09 bits per heavy atom. The highest BCUT2D eigenvalue weighted by Crippen LogP contribution is 2.31. The third kappa shape index (κ3) is 7.48. The third-order valence-corrected chi connectivity index (χ3v) is 7.07. The molecule has 0 atom stereocenters. The number of esters is 2. The first-order valence-electron chi connectivity index (χ1n) is 11.1. The lowest BCUT2D eigenvalue weighted by molar-refractivity contribution is -0.148. The first-order chi connectivity index (χ1) is 16.1. The van der Waals surface area contributed by atoms with Crippen LogP contribution in [0.4, 0.5) is 0 Å². The molecule has 0 unspecified atom stereocenters. The zero-order chi connectivity index (χ0) is 23.5. The van der Waals surface area contributed by atoms with Gasteiger partial charge in [-0.25, -0.2) is 0 Å². The van der Waals surface area contributed by atoms with Crippen LogP contribution >= 0.6 is 0 Å². The molecule has 5 nitrogen and oxygen atoms in total. The van der Waals surface area contributed by atoms with Crippen LogP contribution in [0.2, 0.25) is 0 Å². The average Bonchev–Trinajstić information content (AvgIpc) is 2.82. The molecular weight excluding hydrogens is 434 g/mol. The van der Waals surface area contributed by atoms with Gasteiger partial charge in [0, 0.05) is 6.54 Å². The number of hydrogen-bond acceptors (Lipinski definition) is 5. The van der Waals surface area contributed by atoms with E-state index in [2.05, 4.69) is 72.8 Å². The van der Waals surface area contributed by atoms with Crippen molar-refractivity contribution >= 4 is 22.8 Å². The lowest BCUT2D eigenvalue weighted by Crippen LogP contribution is -2.35. The van der Waals surface area contributed by atoms with Gasteiger partial charge in [-0.2, -0.15) is 0 Å². The minimum atomic E-state index is -0.354. The molecule has 0 aromatic heterocycles. The normalized spacial score (nSPS) is 10.9. The highest BCUT2D eigenvalue weighted by molar-refractivity contribution is 7.97. The van der Waals surface area contributed by atoms with Gasteiger partial charge in [0.2, 0.25) is 0 Å². The molecule has 33 heavy (non-hydrogen) atoms. The Morgan fingerprint density at radius 1 is 0.667 bits per heavy atom. The zero-order valence-corrected chi connectivity index (χ0v) is 19.9. The van der Waals surface area contributed by atoms with Crippen LogP contribution in [0.5, 0.6) is 0 Å². The van der Waals surface area contributed by atoms with E-state index in [0.717, 1.165) is 5.56 Å². The predicted octanol–water partition coefficient (Wildman–Crippen LogP) is 4.71. The van der Waals surface area contributed by atoms with E-state index in [0.29, 0.717) is 19.8 Å². The molecule has 0 fully saturated rings. The molecule has 0 aliphatic carbocycles. The van der Waals surface area contributed by atoms with Crippen molar-refractivity contribution in [1.82, 2.24) is 4.90 Å². The summed E-state index contributed by atoms with van der Waals surface area (Å²) < 4.78 is 10.1. The van der Waals surface area contributed by atoms with Gasteiger partial charge < -0.3 is 9.47 Å². The fraction of sp³-hybridized carbons (Fsp3) is 0.259. The van der Waals surface area contributed by atoms with Crippen molar-refractivity contribution < 1.29 is 19.1 Å². The summed E-state index contributed by atoms with van der Waals surface area (Å²) in [6, 6.07) is 29.3. The number of nitrogens with zero attached hydrogens (tertiary/aromatic N) is 1. The predicted molar refractivity (Wildman–Crippen MR) is 130 cm³/mol. The van der Waals surface area contributed by atoms with Crippen molar-refractivity contribution in [3.05, 3.63) is 90.5 Å². The van der Waals surface area contributed by atoms with Crippen LogP contribution in [0.15, 0.2) is 99.6 Å². The number of hydrogen-bond donors (Lipinski definition) is 0. The molecular formula is C27H30NO4S+. The molecule has 0 radical (unpaired) electrons. The maximum atomic E-state index is 12.0. The first kappa shape index (κ1) is 24.6. The van der Waals surface area contributed by atoms with Crippen molar-refractivity contribution in [2.45, 2.75) is 35.1 Å². The third-order valence-electron chi connectivity index (χ3n) is 4.84. The van der Waals surface area contributed by atoms with E-state index in [-0.39, 0.29) is 35.9 Å². The van der Waals surface area contributed by atoms with E-state index in [9.17, 15) is 9.59 Å². The van der Waals surface area contributed by atoms with E-state index in [4.69, 9.17) is 9.47 Å². The number of ether oxygens (including phenoxy) is 2. The number of carbonyl (C=O) groups is 2. The molecule has 0 saturated heterocycles. The average molecular weight is 465 g/mol. The smallest absolute Gasteiger partial charge is 0.320 e. The van der Waals surface area contributed by atoms with E-state index < -0.39 is 0 Å². The number of carbonyl (C=O) groups excluding carboxylic acids is 2. The number of benzene rings is 3. The zero-order valence-electron chi connectivity index (χ0n) is 19.1. The van der Waals surface area contributed by atoms with Crippen molar-refractivity contribution in [1.29, 1.82) is 0 Å². The summed E-state index contributed by atoms with van der Waals surface area (Å²) in [6.45, 7) is 4.66. The van der Waals surface area contributed by atoms with Gasteiger partial charge in [-0.3, -0.25) is 14.5 Å². The summed E-state index contributed by atoms with van der Waals surface area (Å²) in [5.41, 5.74) is 1.01. The molecule has 3 aromatic rings. The molecule has 3 rings (SSSR count). The van der Waals surface area contributed by atoms with Crippen LogP contribution < -0.4 is 0 Å². The van der Waals surface area contributed by atoms with Gasteiger partial charge in [-0.1, -0.05) is 48.5 Å². The quantitative estimate of drug-likeness (QED) is 0.304. The molecule has 0 spiro atoms. The van der Waals surface area contributed by atoms with Crippen molar-refractivity contribution in [2.24, 2.45) is 0 Å². The molecule has 0 N–H and O–H groups in total. The lowest BCUT2D eigenvalue weighted by atomic mass is 10.2. The Bertz CT molecular complexity index is 950. The monoisotopic (exact) mass is 464 g/mol. The Kier molecular flexibility index (Phi) is 9.54. The summed E-state index contributed by atoms with van der Waals surface area (Å²) in [5, 5.41) is 0. The fourth-order valence-electron chi connectivity index (χ4n) is 3.46. The van der Waals surface area contributed by atoms with Gasteiger partial charge in [0.05, 0.1) is 37.2 Å². The Morgan fingerprint density at radius 3 is 1.52 bits per heavy atom. The molecule has 0 aliphatic rings. The van der Waals surface area contributed by atoms with Gasteiger partial charge in [-0.05, 0) is 55.8 Å². The maximum Gasteiger partial charge on any atom is 0.320 e. The van der Waals surface area contributed by atoms with Crippen LogP contribution in [-0.2, 0) is 36.5 Å². The van der Waals surface area contributed by atoms with E-state index >= 15 is 0 Å². The minimum absolute atomic E-state index is 0.0345. The molecule has 0 amide bonds. The molecule has 6 heteroatoms. The number of rotatable bonds is 11. The highest BCUT2D eigenvalue weighted by atomic mass is 32.2. The van der Waals surface area contributed by atoms with Gasteiger partial charge in [-0.15, -0.1) is 0 Å². The Balaban J connectivity index is 1.81. The van der Waals surface area contributed by atoms with Crippen LogP contribution in [-0.4, -0.2) is 43.1 Å². The van der Waals surface area contributed by atoms with Crippen LogP contribution in [0.3, 0.4) is 0 Å². The van der Waals surface area contributed by atoms with Gasteiger partial charge >= 0.3 is 11.9 Å². The fourth-order valence-corrected chi connectivity index (χ4v) is 5.54. The molecule has 0 saturated carbocycles. The second kappa shape index (κ2) is 12.8. The molecule has 172 valence electrons. The van der Waals surface area contributed by atoms with Crippen LogP contribution in [0.1, 0.15) is 19.4 Å². The lowest BCUT2D eigenvalue weighted by Gasteiger charge is -2.20. The van der Waals surface area contributed by atoms with Crippen LogP contribution in [0, 0.1) is 0 Å². The van der Waals surface area contributed by atoms with Gasteiger partial charge in [0.15, 0.2) is 14.7 Å². The minimum Gasteiger partial charge on any atom is -0.465 e. The molecule has 0 heterocycles. The highest BCUT2D eigenvalue weighted by Gasteiger charge is 2.28. The summed E-state index contributed by atoms with van der Waals surface area (Å²) >= 11 is 0. The van der Waals surface area contributed by atoms with E-state index in [1.54, 1.807) is 18.7 Å².